The SMILES string of the molecule is CC/C=C\C/C=C\C/C=C\CCCCCCCC(=O)OC(COC(=O)CCCCCCC/C=C\C/C=C\CCCCC)COC(=O)CCCCCCCCCCCCCCCCCC. The summed E-state index contributed by atoms with van der Waals surface area (Å²) in [5.41, 5.74) is 0. The summed E-state index contributed by atoms with van der Waals surface area (Å²) >= 11 is 0. The average molecular weight is 895 g/mol. The van der Waals surface area contributed by atoms with Gasteiger partial charge in [0.25, 0.3) is 0 Å². The first-order valence-electron chi connectivity index (χ1n) is 27.3. The number of allylic oxidation sites excluding steroid dienone is 10. The van der Waals surface area contributed by atoms with Crippen molar-refractivity contribution in [1.29, 1.82) is 0 Å². The van der Waals surface area contributed by atoms with E-state index in [1.807, 2.05) is 0 Å². The molecule has 0 rings (SSSR count). The van der Waals surface area contributed by atoms with Crippen LogP contribution in [0.4, 0.5) is 0 Å². The van der Waals surface area contributed by atoms with E-state index < -0.39 is 6.10 Å². The van der Waals surface area contributed by atoms with Crippen LogP contribution in [0, 0.1) is 0 Å². The summed E-state index contributed by atoms with van der Waals surface area (Å²) in [4.78, 5) is 38.1. The van der Waals surface area contributed by atoms with Gasteiger partial charge >= 0.3 is 17.9 Å². The van der Waals surface area contributed by atoms with Gasteiger partial charge in [-0.25, -0.2) is 0 Å². The third-order valence-electron chi connectivity index (χ3n) is 11.8. The van der Waals surface area contributed by atoms with E-state index >= 15 is 0 Å². The molecule has 0 saturated carbocycles. The Bertz CT molecular complexity index is 1170. The fourth-order valence-corrected chi connectivity index (χ4v) is 7.66. The molecule has 1 unspecified atom stereocenters. The second-order valence-corrected chi connectivity index (χ2v) is 18.1. The highest BCUT2D eigenvalue weighted by molar-refractivity contribution is 5.71. The van der Waals surface area contributed by atoms with E-state index in [0.717, 1.165) is 116 Å². The Morgan fingerprint density at radius 1 is 0.328 bits per heavy atom. The van der Waals surface area contributed by atoms with Crippen LogP contribution in [-0.4, -0.2) is 37.2 Å². The number of unbranched alkanes of at least 4 members (excludes halogenated alkanes) is 28. The first kappa shape index (κ1) is 61.1. The number of hydrogen-bond donors (Lipinski definition) is 0. The molecule has 0 N–H and O–H groups in total. The van der Waals surface area contributed by atoms with E-state index in [1.165, 1.54) is 116 Å². The monoisotopic (exact) mass is 895 g/mol. The predicted octanol–water partition coefficient (Wildman–Crippen LogP) is 18.0. The van der Waals surface area contributed by atoms with Crippen LogP contribution in [0.2, 0.25) is 0 Å². The molecular weight excluding hydrogens is 793 g/mol. The van der Waals surface area contributed by atoms with E-state index in [0.29, 0.717) is 19.3 Å². The minimum atomic E-state index is -0.787. The number of ether oxygens (including phenoxy) is 3. The molecule has 0 aliphatic carbocycles. The lowest BCUT2D eigenvalue weighted by Gasteiger charge is -2.18. The summed E-state index contributed by atoms with van der Waals surface area (Å²) in [6, 6.07) is 0. The molecule has 0 saturated heterocycles. The van der Waals surface area contributed by atoms with Crippen LogP contribution in [0.3, 0.4) is 0 Å². The van der Waals surface area contributed by atoms with Crippen molar-refractivity contribution in [1.82, 2.24) is 0 Å². The molecule has 0 fully saturated rings. The molecule has 0 aliphatic heterocycles. The zero-order chi connectivity index (χ0) is 46.5. The molecule has 6 nitrogen and oxygen atoms in total. The third kappa shape index (κ3) is 50.1. The van der Waals surface area contributed by atoms with Crippen molar-refractivity contribution in [3.8, 4) is 0 Å². The molecule has 0 amide bonds. The molecular formula is C58H102O6. The van der Waals surface area contributed by atoms with Crippen LogP contribution in [0.25, 0.3) is 0 Å². The van der Waals surface area contributed by atoms with Gasteiger partial charge in [-0.05, 0) is 83.5 Å². The maximum atomic E-state index is 12.8. The number of hydrogen-bond acceptors (Lipinski definition) is 6. The zero-order valence-corrected chi connectivity index (χ0v) is 42.3. The maximum absolute atomic E-state index is 12.8. The highest BCUT2D eigenvalue weighted by atomic mass is 16.6. The fraction of sp³-hybridized carbons (Fsp3) is 0.776. The first-order chi connectivity index (χ1) is 31.5. The molecule has 0 aliphatic rings. The molecule has 370 valence electrons. The van der Waals surface area contributed by atoms with Gasteiger partial charge in [0, 0.05) is 19.3 Å². The molecule has 0 radical (unpaired) electrons. The number of carbonyl (C=O) groups excluding carboxylic acids is 3. The van der Waals surface area contributed by atoms with Gasteiger partial charge in [-0.1, -0.05) is 229 Å². The van der Waals surface area contributed by atoms with Gasteiger partial charge in [0.1, 0.15) is 13.2 Å². The summed E-state index contributed by atoms with van der Waals surface area (Å²) in [6.07, 6.45) is 64.9. The van der Waals surface area contributed by atoms with Crippen molar-refractivity contribution >= 4 is 17.9 Å². The van der Waals surface area contributed by atoms with Crippen LogP contribution < -0.4 is 0 Å². The molecule has 6 heteroatoms. The summed E-state index contributed by atoms with van der Waals surface area (Å²) in [7, 11) is 0. The predicted molar refractivity (Wildman–Crippen MR) is 275 cm³/mol. The molecule has 0 heterocycles. The highest BCUT2D eigenvalue weighted by Crippen LogP contribution is 2.16. The van der Waals surface area contributed by atoms with Gasteiger partial charge in [0.15, 0.2) is 6.10 Å². The molecule has 0 aromatic carbocycles. The minimum Gasteiger partial charge on any atom is -0.462 e. The molecule has 1 atom stereocenters. The number of esters is 3. The topological polar surface area (TPSA) is 78.9 Å². The van der Waals surface area contributed by atoms with Crippen LogP contribution >= 0.6 is 0 Å². The second kappa shape index (κ2) is 52.7. The van der Waals surface area contributed by atoms with Crippen molar-refractivity contribution < 1.29 is 28.6 Å². The number of rotatable bonds is 49. The van der Waals surface area contributed by atoms with Crippen molar-refractivity contribution in [3.63, 3.8) is 0 Å². The Morgan fingerprint density at radius 2 is 0.609 bits per heavy atom. The lowest BCUT2D eigenvalue weighted by molar-refractivity contribution is -0.167. The Hall–Kier alpha value is -2.89. The van der Waals surface area contributed by atoms with E-state index in [2.05, 4.69) is 81.5 Å². The zero-order valence-electron chi connectivity index (χ0n) is 42.3. The van der Waals surface area contributed by atoms with Crippen LogP contribution in [0.1, 0.15) is 271 Å². The fourth-order valence-electron chi connectivity index (χ4n) is 7.66. The lowest BCUT2D eigenvalue weighted by Crippen LogP contribution is -2.30. The van der Waals surface area contributed by atoms with E-state index in [4.69, 9.17) is 14.2 Å². The van der Waals surface area contributed by atoms with Crippen LogP contribution in [-0.2, 0) is 28.6 Å². The van der Waals surface area contributed by atoms with Gasteiger partial charge < -0.3 is 14.2 Å². The molecule has 0 bridgehead atoms. The van der Waals surface area contributed by atoms with Crippen molar-refractivity contribution in [2.24, 2.45) is 0 Å². The molecule has 0 spiro atoms. The normalized spacial score (nSPS) is 12.5. The van der Waals surface area contributed by atoms with Gasteiger partial charge in [-0.3, -0.25) is 14.4 Å². The van der Waals surface area contributed by atoms with Crippen molar-refractivity contribution in [2.45, 2.75) is 277 Å². The third-order valence-corrected chi connectivity index (χ3v) is 11.8. The van der Waals surface area contributed by atoms with Crippen LogP contribution in [0.5, 0.6) is 0 Å². The summed E-state index contributed by atoms with van der Waals surface area (Å²) in [6.45, 7) is 6.50. The summed E-state index contributed by atoms with van der Waals surface area (Å²) in [5.74, 6) is -0.906. The molecule has 0 aromatic rings. The standard InChI is InChI=1S/C58H102O6/c1-4-7-10-13-16-19-22-25-28-31-33-36-39-42-45-48-51-57(60)63-54-55(64-58(61)52-49-46-43-40-37-34-30-27-24-21-18-15-12-9-6-3)53-62-56(59)50-47-44-41-38-35-32-29-26-23-20-17-14-11-8-5-2/h9,12,17-18,20-21,26-27,29-30,55H,4-8,10-11,13-16,19,22-25,28,31-54H2,1-3H3/b12-9-,20-17-,21-18-,29-26-,30-27-. The largest absolute Gasteiger partial charge is 0.462 e. The quantitative estimate of drug-likeness (QED) is 0.0262. The van der Waals surface area contributed by atoms with E-state index in [1.54, 1.807) is 0 Å². The molecule has 64 heavy (non-hydrogen) atoms. The van der Waals surface area contributed by atoms with Crippen molar-refractivity contribution in [2.75, 3.05) is 13.2 Å². The van der Waals surface area contributed by atoms with Crippen LogP contribution in [0.15, 0.2) is 60.8 Å². The second-order valence-electron chi connectivity index (χ2n) is 18.1. The van der Waals surface area contributed by atoms with E-state index in [-0.39, 0.29) is 31.1 Å². The Labute approximate surface area is 396 Å². The number of carbonyl (C=O) groups is 3. The Kier molecular flexibility index (Phi) is 50.4. The Balaban J connectivity index is 4.41. The summed E-state index contributed by atoms with van der Waals surface area (Å²) < 4.78 is 16.8. The minimum absolute atomic E-state index is 0.0837. The highest BCUT2D eigenvalue weighted by Gasteiger charge is 2.19. The maximum Gasteiger partial charge on any atom is 0.306 e. The average Bonchev–Trinajstić information content (AvgIpc) is 3.29. The molecule has 0 aromatic heterocycles. The lowest BCUT2D eigenvalue weighted by atomic mass is 10.0. The smallest absolute Gasteiger partial charge is 0.306 e. The van der Waals surface area contributed by atoms with Gasteiger partial charge in [-0.2, -0.15) is 0 Å². The summed E-state index contributed by atoms with van der Waals surface area (Å²) in [5, 5.41) is 0. The van der Waals surface area contributed by atoms with Crippen molar-refractivity contribution in [3.05, 3.63) is 60.8 Å². The Morgan fingerprint density at radius 3 is 0.984 bits per heavy atom. The van der Waals surface area contributed by atoms with Gasteiger partial charge in [0.2, 0.25) is 0 Å². The van der Waals surface area contributed by atoms with Gasteiger partial charge in [0.05, 0.1) is 0 Å². The van der Waals surface area contributed by atoms with E-state index in [9.17, 15) is 14.4 Å². The van der Waals surface area contributed by atoms with Gasteiger partial charge in [-0.15, -0.1) is 0 Å². The first-order valence-corrected chi connectivity index (χ1v) is 27.3.